The van der Waals surface area contributed by atoms with Gasteiger partial charge in [0.1, 0.15) is 5.52 Å². The summed E-state index contributed by atoms with van der Waals surface area (Å²) in [7, 11) is 0. The summed E-state index contributed by atoms with van der Waals surface area (Å²) in [5.74, 6) is -2.46. The van der Waals surface area contributed by atoms with E-state index < -0.39 is 17.8 Å². The van der Waals surface area contributed by atoms with Gasteiger partial charge in [-0.1, -0.05) is 30.7 Å². The van der Waals surface area contributed by atoms with Gasteiger partial charge in [0, 0.05) is 17.8 Å². The maximum absolute atomic E-state index is 12.7. The number of aliphatic carboxylic acids is 1. The largest absolute Gasteiger partial charge is 0.550 e. The first-order valence-electron chi connectivity index (χ1n) is 7.13. The number of carboxylic acid groups (broad SMARTS) is 1. The van der Waals surface area contributed by atoms with Crippen LogP contribution in [-0.4, -0.2) is 26.9 Å². The zero-order valence-electron chi connectivity index (χ0n) is 11.7. The number of carbonyl (C=O) groups excluding carboxylic acids is 2. The molecular formula is C15H16N3O3-. The SMILES string of the molecule is CC1CCC(C(=O)[O-])C(C(=O)n2nnc3ccccc32)C1. The molecule has 1 aromatic heterocycles. The lowest BCUT2D eigenvalue weighted by molar-refractivity contribution is -0.313. The van der Waals surface area contributed by atoms with Crippen LogP contribution >= 0.6 is 0 Å². The van der Waals surface area contributed by atoms with Crippen molar-refractivity contribution in [3.63, 3.8) is 0 Å². The van der Waals surface area contributed by atoms with Gasteiger partial charge in [-0.15, -0.1) is 5.10 Å². The minimum atomic E-state index is -1.15. The molecule has 0 spiro atoms. The fourth-order valence-electron chi connectivity index (χ4n) is 3.12. The summed E-state index contributed by atoms with van der Waals surface area (Å²) in [6.45, 7) is 2.03. The Hall–Kier alpha value is -2.24. The third-order valence-corrected chi connectivity index (χ3v) is 4.29. The molecule has 6 nitrogen and oxygen atoms in total. The normalized spacial score (nSPS) is 25.9. The Kier molecular flexibility index (Phi) is 3.45. The molecule has 6 heteroatoms. The van der Waals surface area contributed by atoms with E-state index in [1.54, 1.807) is 18.2 Å². The van der Waals surface area contributed by atoms with Crippen molar-refractivity contribution in [3.05, 3.63) is 24.3 Å². The van der Waals surface area contributed by atoms with E-state index in [4.69, 9.17) is 0 Å². The highest BCUT2D eigenvalue weighted by Gasteiger charge is 2.36. The second-order valence-corrected chi connectivity index (χ2v) is 5.78. The molecule has 3 atom stereocenters. The maximum atomic E-state index is 12.7. The summed E-state index contributed by atoms with van der Waals surface area (Å²) in [5, 5.41) is 19.1. The quantitative estimate of drug-likeness (QED) is 0.817. The second-order valence-electron chi connectivity index (χ2n) is 5.78. The molecule has 1 fully saturated rings. The summed E-state index contributed by atoms with van der Waals surface area (Å²) in [6, 6.07) is 7.15. The molecule has 110 valence electrons. The molecule has 1 saturated carbocycles. The Morgan fingerprint density at radius 2 is 2.00 bits per heavy atom. The maximum Gasteiger partial charge on any atom is 0.252 e. The number of rotatable bonds is 2. The molecule has 0 aliphatic heterocycles. The van der Waals surface area contributed by atoms with Crippen molar-refractivity contribution in [1.82, 2.24) is 15.0 Å². The van der Waals surface area contributed by atoms with Crippen LogP contribution in [0.4, 0.5) is 0 Å². The van der Waals surface area contributed by atoms with Crippen LogP contribution in [-0.2, 0) is 4.79 Å². The van der Waals surface area contributed by atoms with Gasteiger partial charge in [0.25, 0.3) is 5.91 Å². The van der Waals surface area contributed by atoms with Gasteiger partial charge in [-0.25, -0.2) is 0 Å². The van der Waals surface area contributed by atoms with Crippen molar-refractivity contribution < 1.29 is 14.7 Å². The van der Waals surface area contributed by atoms with E-state index in [2.05, 4.69) is 10.3 Å². The third-order valence-electron chi connectivity index (χ3n) is 4.29. The van der Waals surface area contributed by atoms with E-state index in [0.29, 0.717) is 29.8 Å². The first kappa shape index (κ1) is 13.7. The van der Waals surface area contributed by atoms with E-state index in [0.717, 1.165) is 6.42 Å². The summed E-state index contributed by atoms with van der Waals surface area (Å²) < 4.78 is 1.23. The fraction of sp³-hybridized carbons (Fsp3) is 0.467. The summed E-state index contributed by atoms with van der Waals surface area (Å²) in [5.41, 5.74) is 1.23. The molecule has 2 aromatic rings. The van der Waals surface area contributed by atoms with Crippen molar-refractivity contribution >= 4 is 22.9 Å². The van der Waals surface area contributed by atoms with Crippen LogP contribution in [0, 0.1) is 17.8 Å². The van der Waals surface area contributed by atoms with Gasteiger partial charge in [-0.2, -0.15) is 4.68 Å². The Labute approximate surface area is 121 Å². The molecule has 0 bridgehead atoms. The number of hydrogen-bond donors (Lipinski definition) is 0. The second kappa shape index (κ2) is 5.27. The lowest BCUT2D eigenvalue weighted by Crippen LogP contribution is -2.43. The van der Waals surface area contributed by atoms with Crippen LogP contribution in [0.25, 0.3) is 11.0 Å². The molecule has 1 aromatic carbocycles. The Balaban J connectivity index is 1.97. The highest BCUT2D eigenvalue weighted by molar-refractivity contribution is 5.92. The molecule has 1 aliphatic rings. The van der Waals surface area contributed by atoms with Crippen LogP contribution in [0.3, 0.4) is 0 Å². The number of nitrogens with zero attached hydrogens (tertiary/aromatic N) is 3. The molecule has 0 saturated heterocycles. The molecule has 3 unspecified atom stereocenters. The van der Waals surface area contributed by atoms with Gasteiger partial charge in [-0.05, 0) is 30.9 Å². The van der Waals surface area contributed by atoms with Gasteiger partial charge < -0.3 is 9.90 Å². The summed E-state index contributed by atoms with van der Waals surface area (Å²) >= 11 is 0. The Morgan fingerprint density at radius 3 is 2.76 bits per heavy atom. The standard InChI is InChI=1S/C15H17N3O3/c1-9-6-7-10(15(20)21)11(8-9)14(19)18-13-5-3-2-4-12(13)16-17-18/h2-5,9-11H,6-8H2,1H3,(H,20,21)/p-1. The number of fused-ring (bicyclic) bond motifs is 1. The average molecular weight is 286 g/mol. The van der Waals surface area contributed by atoms with E-state index >= 15 is 0 Å². The molecule has 0 radical (unpaired) electrons. The molecule has 0 N–H and O–H groups in total. The highest BCUT2D eigenvalue weighted by Crippen LogP contribution is 2.34. The smallest absolute Gasteiger partial charge is 0.252 e. The first-order chi connectivity index (χ1) is 10.1. The van der Waals surface area contributed by atoms with Crippen molar-refractivity contribution in [1.29, 1.82) is 0 Å². The topological polar surface area (TPSA) is 87.9 Å². The van der Waals surface area contributed by atoms with Gasteiger partial charge in [0.05, 0.1) is 5.52 Å². The third kappa shape index (κ3) is 2.41. The highest BCUT2D eigenvalue weighted by atomic mass is 16.4. The minimum Gasteiger partial charge on any atom is -0.550 e. The van der Waals surface area contributed by atoms with Crippen molar-refractivity contribution in [2.75, 3.05) is 0 Å². The van der Waals surface area contributed by atoms with E-state index in [1.165, 1.54) is 4.68 Å². The number of benzene rings is 1. The lowest BCUT2D eigenvalue weighted by atomic mass is 9.74. The molecular weight excluding hydrogens is 270 g/mol. The fourth-order valence-corrected chi connectivity index (χ4v) is 3.12. The number of para-hydroxylation sites is 1. The van der Waals surface area contributed by atoms with Gasteiger partial charge in [-0.3, -0.25) is 4.79 Å². The minimum absolute atomic E-state index is 0.301. The van der Waals surface area contributed by atoms with Crippen LogP contribution in [0.5, 0.6) is 0 Å². The van der Waals surface area contributed by atoms with Crippen LogP contribution in [0.2, 0.25) is 0 Å². The number of aromatic nitrogens is 3. The van der Waals surface area contributed by atoms with Crippen molar-refractivity contribution in [3.8, 4) is 0 Å². The van der Waals surface area contributed by atoms with Crippen LogP contribution < -0.4 is 5.11 Å². The Bertz CT molecular complexity index is 694. The number of carboxylic acids is 1. The first-order valence-corrected chi connectivity index (χ1v) is 7.13. The predicted octanol–water partition coefficient (Wildman–Crippen LogP) is 0.874. The average Bonchev–Trinajstić information content (AvgIpc) is 2.90. The monoisotopic (exact) mass is 286 g/mol. The number of hydrogen-bond acceptors (Lipinski definition) is 5. The van der Waals surface area contributed by atoms with E-state index in [-0.39, 0.29) is 5.91 Å². The molecule has 1 aliphatic carbocycles. The van der Waals surface area contributed by atoms with E-state index in [1.807, 2.05) is 13.0 Å². The number of carbonyl (C=O) groups is 2. The Morgan fingerprint density at radius 1 is 1.24 bits per heavy atom. The van der Waals surface area contributed by atoms with Crippen LogP contribution in [0.1, 0.15) is 31.0 Å². The predicted molar refractivity (Wildman–Crippen MR) is 73.2 cm³/mol. The zero-order valence-corrected chi connectivity index (χ0v) is 11.7. The molecule has 1 heterocycles. The van der Waals surface area contributed by atoms with Gasteiger partial charge >= 0.3 is 0 Å². The molecule has 21 heavy (non-hydrogen) atoms. The van der Waals surface area contributed by atoms with E-state index in [9.17, 15) is 14.7 Å². The van der Waals surface area contributed by atoms with Crippen molar-refractivity contribution in [2.24, 2.45) is 17.8 Å². The zero-order chi connectivity index (χ0) is 15.0. The molecule has 0 amide bonds. The van der Waals surface area contributed by atoms with Crippen molar-refractivity contribution in [2.45, 2.75) is 26.2 Å². The molecule has 3 rings (SSSR count). The lowest BCUT2D eigenvalue weighted by Gasteiger charge is -2.34. The van der Waals surface area contributed by atoms with Crippen LogP contribution in [0.15, 0.2) is 24.3 Å². The summed E-state index contributed by atoms with van der Waals surface area (Å²) in [4.78, 5) is 24.0. The summed E-state index contributed by atoms with van der Waals surface area (Å²) in [6.07, 6.45) is 1.83. The van der Waals surface area contributed by atoms with Gasteiger partial charge in [0.15, 0.2) is 0 Å². The van der Waals surface area contributed by atoms with Gasteiger partial charge in [0.2, 0.25) is 0 Å².